The van der Waals surface area contributed by atoms with E-state index in [1.807, 2.05) is 0 Å². The topological polar surface area (TPSA) is 0 Å². The van der Waals surface area contributed by atoms with Crippen LogP contribution in [0.4, 0.5) is 0 Å². The zero-order chi connectivity index (χ0) is 14.2. The molecule has 0 amide bonds. The molecule has 0 aromatic heterocycles. The third kappa shape index (κ3) is 2.26. The maximum Gasteiger partial charge on any atom is -0.00700 e. The van der Waals surface area contributed by atoms with Crippen LogP contribution < -0.4 is 0 Å². The fourth-order valence-electron chi connectivity index (χ4n) is 4.51. The monoisotopic (exact) mass is 266 g/mol. The average molecular weight is 266 g/mol. The third-order valence-corrected chi connectivity index (χ3v) is 5.61. The molecule has 2 unspecified atom stereocenters. The van der Waals surface area contributed by atoms with Crippen LogP contribution in [-0.4, -0.2) is 0 Å². The smallest absolute Gasteiger partial charge is 0.00700 e. The highest BCUT2D eigenvalue weighted by molar-refractivity contribution is 5.55. The molecule has 2 aliphatic rings. The Balaban J connectivity index is 1.91. The van der Waals surface area contributed by atoms with Crippen LogP contribution in [0, 0.1) is 17.3 Å². The summed E-state index contributed by atoms with van der Waals surface area (Å²) in [6, 6.07) is 10.7. The fraction of sp³-hybridized carbons (Fsp3) is 0.500. The summed E-state index contributed by atoms with van der Waals surface area (Å²) in [6.45, 7) is 7.29. The molecule has 0 spiro atoms. The molecule has 2 atom stereocenters. The normalized spacial score (nSPS) is 28.9. The first-order valence-electron chi connectivity index (χ1n) is 8.05. The van der Waals surface area contributed by atoms with Gasteiger partial charge in [-0.1, -0.05) is 74.7 Å². The van der Waals surface area contributed by atoms with Gasteiger partial charge < -0.3 is 0 Å². The Kier molecular flexibility index (Phi) is 3.58. The van der Waals surface area contributed by atoms with Gasteiger partial charge in [0, 0.05) is 0 Å². The second-order valence-corrected chi connectivity index (χ2v) is 7.06. The molecule has 20 heavy (non-hydrogen) atoms. The molecule has 3 rings (SSSR count). The molecule has 1 aromatic carbocycles. The average Bonchev–Trinajstić information content (AvgIpc) is 2.66. The Bertz CT molecular complexity index is 530. The summed E-state index contributed by atoms with van der Waals surface area (Å²) < 4.78 is 0. The standard InChI is InChI=1S/C20H26/c1-15-17-11-7-8-12-19(17)20(2,3)18(15)14-13-16-9-5-4-6-10-16/h4-6,9-10,13-14,17,19H,7-8,11-12H2,1-3H3. The van der Waals surface area contributed by atoms with Crippen LogP contribution in [0.3, 0.4) is 0 Å². The van der Waals surface area contributed by atoms with E-state index in [9.17, 15) is 0 Å². The van der Waals surface area contributed by atoms with Gasteiger partial charge in [0.05, 0.1) is 0 Å². The van der Waals surface area contributed by atoms with E-state index in [0.717, 1.165) is 11.8 Å². The molecule has 0 saturated heterocycles. The zero-order valence-electron chi connectivity index (χ0n) is 13.0. The van der Waals surface area contributed by atoms with Crippen molar-refractivity contribution in [2.75, 3.05) is 0 Å². The molecule has 0 heteroatoms. The first-order valence-corrected chi connectivity index (χ1v) is 8.05. The number of hydrogen-bond donors (Lipinski definition) is 0. The number of rotatable bonds is 2. The van der Waals surface area contributed by atoms with Crippen molar-refractivity contribution < 1.29 is 0 Å². The Morgan fingerprint density at radius 2 is 1.70 bits per heavy atom. The largest absolute Gasteiger partial charge is 0.0662 e. The maximum atomic E-state index is 2.46. The van der Waals surface area contributed by atoms with Gasteiger partial charge in [-0.15, -0.1) is 0 Å². The molecular weight excluding hydrogens is 240 g/mol. The van der Waals surface area contributed by atoms with Crippen LogP contribution in [0.25, 0.3) is 6.08 Å². The molecule has 1 aromatic rings. The van der Waals surface area contributed by atoms with Gasteiger partial charge in [0.1, 0.15) is 0 Å². The minimum absolute atomic E-state index is 0.348. The molecule has 2 aliphatic carbocycles. The molecule has 1 fully saturated rings. The first kappa shape index (κ1) is 13.7. The lowest BCUT2D eigenvalue weighted by molar-refractivity contribution is 0.176. The predicted molar refractivity (Wildman–Crippen MR) is 87.4 cm³/mol. The number of benzene rings is 1. The Morgan fingerprint density at radius 3 is 2.40 bits per heavy atom. The van der Waals surface area contributed by atoms with Gasteiger partial charge in [0.15, 0.2) is 0 Å². The van der Waals surface area contributed by atoms with Gasteiger partial charge >= 0.3 is 0 Å². The highest BCUT2D eigenvalue weighted by Crippen LogP contribution is 2.56. The van der Waals surface area contributed by atoms with Gasteiger partial charge in [0.25, 0.3) is 0 Å². The number of fused-ring (bicyclic) bond motifs is 1. The van der Waals surface area contributed by atoms with Crippen molar-refractivity contribution in [2.24, 2.45) is 17.3 Å². The summed E-state index contributed by atoms with van der Waals surface area (Å²) in [5.41, 5.74) is 4.91. The molecule has 106 valence electrons. The third-order valence-electron chi connectivity index (χ3n) is 5.61. The van der Waals surface area contributed by atoms with Crippen LogP contribution in [-0.2, 0) is 0 Å². The lowest BCUT2D eigenvalue weighted by atomic mass is 9.68. The molecule has 0 aliphatic heterocycles. The fourth-order valence-corrected chi connectivity index (χ4v) is 4.51. The molecule has 0 heterocycles. The van der Waals surface area contributed by atoms with E-state index < -0.39 is 0 Å². The second-order valence-electron chi connectivity index (χ2n) is 7.06. The van der Waals surface area contributed by atoms with Gasteiger partial charge in [-0.25, -0.2) is 0 Å². The lowest BCUT2D eigenvalue weighted by Crippen LogP contribution is -2.27. The Morgan fingerprint density at radius 1 is 1.00 bits per heavy atom. The lowest BCUT2D eigenvalue weighted by Gasteiger charge is -2.36. The van der Waals surface area contributed by atoms with Crippen molar-refractivity contribution in [1.29, 1.82) is 0 Å². The van der Waals surface area contributed by atoms with Crippen LogP contribution in [0.2, 0.25) is 0 Å². The summed E-state index contributed by atoms with van der Waals surface area (Å²) in [4.78, 5) is 0. The van der Waals surface area contributed by atoms with E-state index in [2.05, 4.69) is 63.3 Å². The summed E-state index contributed by atoms with van der Waals surface area (Å²) >= 11 is 0. The molecule has 0 bridgehead atoms. The first-order chi connectivity index (χ1) is 9.60. The van der Waals surface area contributed by atoms with E-state index in [-0.39, 0.29) is 0 Å². The molecule has 0 N–H and O–H groups in total. The SMILES string of the molecule is CC1=C(C=Cc2ccccc2)C(C)(C)C2CCCCC12. The summed E-state index contributed by atoms with van der Waals surface area (Å²) in [5.74, 6) is 1.71. The van der Waals surface area contributed by atoms with Crippen LogP contribution in [0.1, 0.15) is 52.0 Å². The van der Waals surface area contributed by atoms with Crippen molar-refractivity contribution in [3.05, 3.63) is 53.1 Å². The minimum Gasteiger partial charge on any atom is -0.0662 e. The van der Waals surface area contributed by atoms with E-state index in [0.29, 0.717) is 5.41 Å². The van der Waals surface area contributed by atoms with Crippen molar-refractivity contribution in [3.63, 3.8) is 0 Å². The van der Waals surface area contributed by atoms with Crippen LogP contribution in [0.5, 0.6) is 0 Å². The van der Waals surface area contributed by atoms with Gasteiger partial charge in [0.2, 0.25) is 0 Å². The summed E-state index contributed by atoms with van der Waals surface area (Å²) in [5, 5.41) is 0. The molecular formula is C20H26. The van der Waals surface area contributed by atoms with Gasteiger partial charge in [-0.05, 0) is 48.2 Å². The van der Waals surface area contributed by atoms with Gasteiger partial charge in [-0.3, -0.25) is 0 Å². The predicted octanol–water partition coefficient (Wildman–Crippen LogP) is 5.86. The van der Waals surface area contributed by atoms with Crippen LogP contribution in [0.15, 0.2) is 47.6 Å². The number of allylic oxidation sites excluding steroid dienone is 3. The summed E-state index contributed by atoms with van der Waals surface area (Å²) in [7, 11) is 0. The highest BCUT2D eigenvalue weighted by Gasteiger charge is 2.45. The highest BCUT2D eigenvalue weighted by atomic mass is 14.5. The zero-order valence-corrected chi connectivity index (χ0v) is 13.0. The van der Waals surface area contributed by atoms with Gasteiger partial charge in [-0.2, -0.15) is 0 Å². The van der Waals surface area contributed by atoms with Crippen molar-refractivity contribution in [3.8, 4) is 0 Å². The Labute approximate surface area is 123 Å². The van der Waals surface area contributed by atoms with Crippen LogP contribution >= 0.6 is 0 Å². The maximum absolute atomic E-state index is 2.46. The van der Waals surface area contributed by atoms with E-state index in [1.54, 1.807) is 11.1 Å². The van der Waals surface area contributed by atoms with E-state index in [1.165, 1.54) is 31.2 Å². The summed E-state index contributed by atoms with van der Waals surface area (Å²) in [6.07, 6.45) is 10.3. The van der Waals surface area contributed by atoms with Crippen molar-refractivity contribution in [2.45, 2.75) is 46.5 Å². The molecule has 0 nitrogen and oxygen atoms in total. The quantitative estimate of drug-likeness (QED) is 0.628. The van der Waals surface area contributed by atoms with E-state index >= 15 is 0 Å². The van der Waals surface area contributed by atoms with Crippen molar-refractivity contribution >= 4 is 6.08 Å². The molecule has 1 saturated carbocycles. The van der Waals surface area contributed by atoms with E-state index in [4.69, 9.17) is 0 Å². The molecule has 0 radical (unpaired) electrons. The Hall–Kier alpha value is -1.30. The minimum atomic E-state index is 0.348. The number of hydrogen-bond acceptors (Lipinski definition) is 0. The second kappa shape index (κ2) is 5.24. The van der Waals surface area contributed by atoms with Crippen molar-refractivity contribution in [1.82, 2.24) is 0 Å².